The third-order valence-electron chi connectivity index (χ3n) is 2.53. The van der Waals surface area contributed by atoms with Crippen molar-refractivity contribution in [3.63, 3.8) is 0 Å². The molecule has 0 radical (unpaired) electrons. The van der Waals surface area contributed by atoms with E-state index in [0.29, 0.717) is 5.69 Å². The Balaban J connectivity index is 2.44. The Bertz CT molecular complexity index is 535. The second kappa shape index (κ2) is 7.78. The molecular weight excluding hydrogens is 301 g/mol. The van der Waals surface area contributed by atoms with Crippen LogP contribution in [0.3, 0.4) is 0 Å². The van der Waals surface area contributed by atoms with Crippen LogP contribution in [0.2, 0.25) is 0 Å². The number of anilines is 1. The van der Waals surface area contributed by atoms with E-state index in [1.54, 1.807) is 0 Å². The van der Waals surface area contributed by atoms with Crippen molar-refractivity contribution in [1.29, 1.82) is 0 Å². The quantitative estimate of drug-likeness (QED) is 0.743. The first-order chi connectivity index (χ1) is 9.90. The first-order valence-corrected chi connectivity index (χ1v) is 7.60. The van der Waals surface area contributed by atoms with E-state index in [-0.39, 0.29) is 18.3 Å². The number of carboxylic acids is 1. The van der Waals surface area contributed by atoms with E-state index in [9.17, 15) is 14.2 Å². The van der Waals surface area contributed by atoms with Gasteiger partial charge in [-0.3, -0.25) is 9.88 Å². The third kappa shape index (κ3) is 5.55. The molecule has 0 aliphatic heterocycles. The molecule has 2 N–H and O–H groups in total. The lowest BCUT2D eigenvalue weighted by Gasteiger charge is -2.13. The van der Waals surface area contributed by atoms with Gasteiger partial charge in [-0.1, -0.05) is 0 Å². The van der Waals surface area contributed by atoms with E-state index in [1.165, 1.54) is 38.5 Å². The van der Waals surface area contributed by atoms with Crippen molar-refractivity contribution in [3.8, 4) is 0 Å². The van der Waals surface area contributed by atoms with Crippen LogP contribution in [0, 0.1) is 0 Å². The molecular formula is C12H16NO7P. The summed E-state index contributed by atoms with van der Waals surface area (Å²) in [6, 6.07) is 5.56. The minimum atomic E-state index is -3.21. The van der Waals surface area contributed by atoms with Crippen molar-refractivity contribution in [2.45, 2.75) is 0 Å². The lowest BCUT2D eigenvalue weighted by Crippen LogP contribution is -2.16. The molecule has 0 saturated carbocycles. The molecule has 1 amide bonds. The molecule has 0 bridgehead atoms. The van der Waals surface area contributed by atoms with Gasteiger partial charge in [0.05, 0.1) is 11.7 Å². The first kappa shape index (κ1) is 17.2. The average Bonchev–Trinajstić information content (AvgIpc) is 2.47. The molecule has 0 aliphatic carbocycles. The fraction of sp³-hybridized carbons (Fsp3) is 0.333. The molecule has 0 heterocycles. The number of ether oxygens (including phenoxy) is 1. The predicted molar refractivity (Wildman–Crippen MR) is 74.9 cm³/mol. The summed E-state index contributed by atoms with van der Waals surface area (Å²) in [6.07, 6.45) is -0.817. The molecule has 8 nitrogen and oxygen atoms in total. The first-order valence-electron chi connectivity index (χ1n) is 5.88. The smallest absolute Gasteiger partial charge is 0.411 e. The molecule has 21 heavy (non-hydrogen) atoms. The summed E-state index contributed by atoms with van der Waals surface area (Å²) in [6.45, 7) is -0.141. The summed E-state index contributed by atoms with van der Waals surface area (Å²) in [7, 11) is -0.719. The third-order valence-corrected chi connectivity index (χ3v) is 4.38. The molecule has 0 aromatic heterocycles. The molecule has 0 atom stereocenters. The summed E-state index contributed by atoms with van der Waals surface area (Å²) in [5.41, 5.74) is 0.488. The van der Waals surface area contributed by atoms with Gasteiger partial charge in [-0.15, -0.1) is 0 Å². The lowest BCUT2D eigenvalue weighted by molar-refractivity contribution is 0.0697. The van der Waals surface area contributed by atoms with E-state index in [1.807, 2.05) is 0 Å². The van der Waals surface area contributed by atoms with Gasteiger partial charge in [0.15, 0.2) is 0 Å². The Morgan fingerprint density at radius 1 is 1.19 bits per heavy atom. The number of amides is 1. The molecule has 1 rings (SSSR count). The molecule has 0 fully saturated rings. The van der Waals surface area contributed by atoms with Gasteiger partial charge in [-0.2, -0.15) is 0 Å². The number of nitrogens with one attached hydrogen (secondary N) is 1. The number of hydrogen-bond donors (Lipinski definition) is 2. The van der Waals surface area contributed by atoms with Gasteiger partial charge in [-0.25, -0.2) is 9.59 Å². The summed E-state index contributed by atoms with van der Waals surface area (Å²) in [5.74, 6) is -1.06. The Labute approximate surface area is 121 Å². The minimum Gasteiger partial charge on any atom is -0.478 e. The zero-order valence-corrected chi connectivity index (χ0v) is 12.5. The zero-order valence-electron chi connectivity index (χ0n) is 11.6. The van der Waals surface area contributed by atoms with Crippen LogP contribution < -0.4 is 5.32 Å². The van der Waals surface area contributed by atoms with Gasteiger partial charge < -0.3 is 18.9 Å². The zero-order chi connectivity index (χ0) is 15.9. The van der Waals surface area contributed by atoms with Crippen LogP contribution in [-0.2, 0) is 18.3 Å². The summed E-state index contributed by atoms with van der Waals surface area (Å²) < 4.78 is 25.9. The van der Waals surface area contributed by atoms with Crippen LogP contribution in [-0.4, -0.2) is 44.2 Å². The number of rotatable bonds is 7. The highest BCUT2D eigenvalue weighted by Gasteiger charge is 2.21. The highest BCUT2D eigenvalue weighted by atomic mass is 31.2. The van der Waals surface area contributed by atoms with Crippen LogP contribution in [0.5, 0.6) is 0 Å². The number of benzene rings is 1. The van der Waals surface area contributed by atoms with Crippen LogP contribution in [0.15, 0.2) is 24.3 Å². The molecule has 116 valence electrons. The van der Waals surface area contributed by atoms with E-state index < -0.39 is 19.7 Å². The number of aromatic carboxylic acids is 1. The topological polar surface area (TPSA) is 111 Å². The normalized spacial score (nSPS) is 11.0. The molecule has 0 aliphatic rings. The Kier molecular flexibility index (Phi) is 6.36. The largest absolute Gasteiger partial charge is 0.478 e. The van der Waals surface area contributed by atoms with Gasteiger partial charge in [0.1, 0.15) is 6.61 Å². The average molecular weight is 317 g/mol. The summed E-state index contributed by atoms with van der Waals surface area (Å²) in [4.78, 5) is 22.1. The summed E-state index contributed by atoms with van der Waals surface area (Å²) >= 11 is 0. The predicted octanol–water partition coefficient (Wildman–Crippen LogP) is 2.42. The van der Waals surface area contributed by atoms with Crippen molar-refractivity contribution < 1.29 is 33.0 Å². The SMILES string of the molecule is COP(=O)(CCOC(=O)Nc1ccc(C(=O)O)cc1)OC. The fourth-order valence-electron chi connectivity index (χ4n) is 1.36. The van der Waals surface area contributed by atoms with Gasteiger partial charge in [0.2, 0.25) is 0 Å². The van der Waals surface area contributed by atoms with Crippen molar-refractivity contribution in [2.75, 3.05) is 32.3 Å². The molecule has 0 spiro atoms. The maximum absolute atomic E-state index is 11.7. The lowest BCUT2D eigenvalue weighted by atomic mass is 10.2. The van der Waals surface area contributed by atoms with Crippen LogP contribution in [0.25, 0.3) is 0 Å². The van der Waals surface area contributed by atoms with Gasteiger partial charge in [-0.05, 0) is 24.3 Å². The minimum absolute atomic E-state index is 0.0641. The van der Waals surface area contributed by atoms with E-state index >= 15 is 0 Å². The fourth-order valence-corrected chi connectivity index (χ4v) is 2.19. The number of carbonyl (C=O) groups is 2. The Morgan fingerprint density at radius 2 is 1.76 bits per heavy atom. The van der Waals surface area contributed by atoms with Crippen molar-refractivity contribution >= 4 is 25.3 Å². The van der Waals surface area contributed by atoms with Crippen molar-refractivity contribution in [1.82, 2.24) is 0 Å². The second-order valence-electron chi connectivity index (χ2n) is 3.84. The molecule has 1 aromatic carbocycles. The highest BCUT2D eigenvalue weighted by molar-refractivity contribution is 7.53. The van der Waals surface area contributed by atoms with Crippen LogP contribution in [0.4, 0.5) is 10.5 Å². The van der Waals surface area contributed by atoms with E-state index in [4.69, 9.17) is 9.84 Å². The maximum Gasteiger partial charge on any atom is 0.411 e. The standard InChI is InChI=1S/C12H16NO7P/c1-18-21(17,19-2)8-7-20-12(16)13-10-5-3-9(4-6-10)11(14)15/h3-6H,7-8H2,1-2H3,(H,13,16)(H,14,15). The number of carbonyl (C=O) groups excluding carboxylic acids is 1. The maximum atomic E-state index is 11.7. The molecule has 9 heteroatoms. The van der Waals surface area contributed by atoms with Gasteiger partial charge in [0.25, 0.3) is 0 Å². The number of hydrogen-bond acceptors (Lipinski definition) is 6. The monoisotopic (exact) mass is 317 g/mol. The highest BCUT2D eigenvalue weighted by Crippen LogP contribution is 2.45. The molecule has 1 aromatic rings. The molecule has 0 unspecified atom stereocenters. The van der Waals surface area contributed by atoms with Gasteiger partial charge in [0, 0.05) is 19.9 Å². The Morgan fingerprint density at radius 3 is 2.24 bits per heavy atom. The van der Waals surface area contributed by atoms with E-state index in [0.717, 1.165) is 0 Å². The summed E-state index contributed by atoms with van der Waals surface area (Å²) in [5, 5.41) is 11.1. The van der Waals surface area contributed by atoms with Crippen LogP contribution in [0.1, 0.15) is 10.4 Å². The Hall–Kier alpha value is -1.89. The van der Waals surface area contributed by atoms with Crippen LogP contribution >= 0.6 is 7.60 Å². The van der Waals surface area contributed by atoms with E-state index in [2.05, 4.69) is 14.4 Å². The van der Waals surface area contributed by atoms with Gasteiger partial charge >= 0.3 is 19.7 Å². The molecule has 0 saturated heterocycles. The second-order valence-corrected chi connectivity index (χ2v) is 6.24. The van der Waals surface area contributed by atoms with Crippen molar-refractivity contribution in [2.24, 2.45) is 0 Å². The van der Waals surface area contributed by atoms with Crippen molar-refractivity contribution in [3.05, 3.63) is 29.8 Å². The number of carboxylic acid groups (broad SMARTS) is 1.